The first-order valence-corrected chi connectivity index (χ1v) is 4.11. The lowest BCUT2D eigenvalue weighted by Gasteiger charge is -2.17. The summed E-state index contributed by atoms with van der Waals surface area (Å²) in [6, 6.07) is -0.294. The van der Waals surface area contributed by atoms with E-state index in [1.807, 2.05) is 0 Å². The normalized spacial score (nSPS) is 14.6. The molecule has 11 heavy (non-hydrogen) atoms. The Hall–Kier alpha value is -0.370. The number of hydrogen-bond donors (Lipinski definition) is 1. The van der Waals surface area contributed by atoms with Crippen LogP contribution in [-0.4, -0.2) is 11.8 Å². The van der Waals surface area contributed by atoms with Crippen molar-refractivity contribution in [2.45, 2.75) is 46.6 Å². The lowest BCUT2D eigenvalue weighted by atomic mass is 9.89. The average molecular weight is 157 g/mol. The van der Waals surface area contributed by atoms with Crippen molar-refractivity contribution in [1.29, 1.82) is 0 Å². The Bertz CT molecular complexity index is 133. The molecule has 0 saturated heterocycles. The number of carbonyl (C=O) groups is 1. The smallest absolute Gasteiger partial charge is 0.149 e. The van der Waals surface area contributed by atoms with Crippen molar-refractivity contribution >= 4 is 5.78 Å². The fourth-order valence-electron chi connectivity index (χ4n) is 0.726. The van der Waals surface area contributed by atoms with Gasteiger partial charge < -0.3 is 5.73 Å². The van der Waals surface area contributed by atoms with E-state index in [1.165, 1.54) is 0 Å². The molecule has 1 unspecified atom stereocenters. The highest BCUT2D eigenvalue weighted by atomic mass is 16.1. The number of rotatable bonds is 3. The molecule has 0 aromatic heterocycles. The van der Waals surface area contributed by atoms with Crippen molar-refractivity contribution in [2.75, 3.05) is 0 Å². The van der Waals surface area contributed by atoms with Crippen LogP contribution in [0.4, 0.5) is 0 Å². The standard InChI is InChI=1S/C9H19NO/c1-7(10)8(11)5-6-9(2,3)4/h7H,5-6,10H2,1-4H3. The first kappa shape index (κ1) is 10.6. The number of Topliss-reactive ketones (excluding diaryl/α,β-unsaturated/α-hetero) is 1. The van der Waals surface area contributed by atoms with Crippen LogP contribution in [0.25, 0.3) is 0 Å². The molecule has 0 saturated carbocycles. The van der Waals surface area contributed by atoms with E-state index in [0.29, 0.717) is 6.42 Å². The Morgan fingerprint density at radius 1 is 1.45 bits per heavy atom. The van der Waals surface area contributed by atoms with Crippen molar-refractivity contribution in [3.8, 4) is 0 Å². The highest BCUT2D eigenvalue weighted by Crippen LogP contribution is 2.20. The lowest BCUT2D eigenvalue weighted by Crippen LogP contribution is -2.27. The minimum atomic E-state index is -0.294. The molecular weight excluding hydrogens is 138 g/mol. The number of ketones is 1. The number of nitrogens with two attached hydrogens (primary N) is 1. The van der Waals surface area contributed by atoms with Gasteiger partial charge >= 0.3 is 0 Å². The average Bonchev–Trinajstić information content (AvgIpc) is 1.80. The molecule has 0 radical (unpaired) electrons. The van der Waals surface area contributed by atoms with Gasteiger partial charge in [0, 0.05) is 6.42 Å². The second kappa shape index (κ2) is 3.86. The predicted molar refractivity (Wildman–Crippen MR) is 47.3 cm³/mol. The zero-order valence-electron chi connectivity index (χ0n) is 7.98. The van der Waals surface area contributed by atoms with Crippen LogP contribution in [0.5, 0.6) is 0 Å². The fraction of sp³-hybridized carbons (Fsp3) is 0.889. The Kier molecular flexibility index (Phi) is 3.73. The van der Waals surface area contributed by atoms with E-state index >= 15 is 0 Å². The van der Waals surface area contributed by atoms with Gasteiger partial charge in [-0.05, 0) is 18.8 Å². The molecule has 2 heteroatoms. The van der Waals surface area contributed by atoms with Crippen molar-refractivity contribution in [3.05, 3.63) is 0 Å². The van der Waals surface area contributed by atoms with E-state index in [9.17, 15) is 4.79 Å². The van der Waals surface area contributed by atoms with E-state index in [2.05, 4.69) is 20.8 Å². The van der Waals surface area contributed by atoms with Gasteiger partial charge in [0.05, 0.1) is 6.04 Å². The van der Waals surface area contributed by atoms with Gasteiger partial charge in [-0.1, -0.05) is 20.8 Å². The third kappa shape index (κ3) is 6.05. The zero-order chi connectivity index (χ0) is 9.07. The lowest BCUT2D eigenvalue weighted by molar-refractivity contribution is -0.120. The monoisotopic (exact) mass is 157 g/mol. The van der Waals surface area contributed by atoms with E-state index in [4.69, 9.17) is 5.73 Å². The predicted octanol–water partition coefficient (Wildman–Crippen LogP) is 1.73. The molecule has 0 aliphatic rings. The van der Waals surface area contributed by atoms with Crippen LogP contribution in [0.2, 0.25) is 0 Å². The molecule has 0 aromatic carbocycles. The minimum Gasteiger partial charge on any atom is -0.322 e. The van der Waals surface area contributed by atoms with Crippen LogP contribution in [0.1, 0.15) is 40.5 Å². The molecule has 66 valence electrons. The molecular formula is C9H19NO. The zero-order valence-corrected chi connectivity index (χ0v) is 7.98. The number of hydrogen-bond acceptors (Lipinski definition) is 2. The van der Waals surface area contributed by atoms with Crippen molar-refractivity contribution in [3.63, 3.8) is 0 Å². The van der Waals surface area contributed by atoms with Gasteiger partial charge in [-0.2, -0.15) is 0 Å². The first-order chi connectivity index (χ1) is 4.83. The maximum atomic E-state index is 11.1. The topological polar surface area (TPSA) is 43.1 Å². The van der Waals surface area contributed by atoms with Crippen LogP contribution in [0.3, 0.4) is 0 Å². The Morgan fingerprint density at radius 3 is 2.18 bits per heavy atom. The third-order valence-corrected chi connectivity index (χ3v) is 1.63. The van der Waals surface area contributed by atoms with Crippen LogP contribution < -0.4 is 5.73 Å². The maximum absolute atomic E-state index is 11.1. The molecule has 0 bridgehead atoms. The summed E-state index contributed by atoms with van der Waals surface area (Å²) in [5.74, 6) is 0.167. The SMILES string of the molecule is CC(N)C(=O)CCC(C)(C)C. The molecule has 0 heterocycles. The largest absolute Gasteiger partial charge is 0.322 e. The summed E-state index contributed by atoms with van der Waals surface area (Å²) in [4.78, 5) is 11.1. The first-order valence-electron chi connectivity index (χ1n) is 4.11. The maximum Gasteiger partial charge on any atom is 0.149 e. The summed E-state index contributed by atoms with van der Waals surface area (Å²) < 4.78 is 0. The summed E-state index contributed by atoms with van der Waals surface area (Å²) in [6.07, 6.45) is 1.54. The summed E-state index contributed by atoms with van der Waals surface area (Å²) in [7, 11) is 0. The Morgan fingerprint density at radius 2 is 1.91 bits per heavy atom. The van der Waals surface area contributed by atoms with Gasteiger partial charge in [0.25, 0.3) is 0 Å². The molecule has 0 fully saturated rings. The van der Waals surface area contributed by atoms with Crippen LogP contribution >= 0.6 is 0 Å². The van der Waals surface area contributed by atoms with Gasteiger partial charge in [-0.3, -0.25) is 4.79 Å². The highest BCUT2D eigenvalue weighted by Gasteiger charge is 2.14. The molecule has 0 aromatic rings. The molecule has 0 rings (SSSR count). The molecule has 2 nitrogen and oxygen atoms in total. The number of carbonyl (C=O) groups excluding carboxylic acids is 1. The van der Waals surface area contributed by atoms with E-state index in [0.717, 1.165) is 6.42 Å². The van der Waals surface area contributed by atoms with E-state index in [1.54, 1.807) is 6.92 Å². The van der Waals surface area contributed by atoms with Gasteiger partial charge in [-0.25, -0.2) is 0 Å². The van der Waals surface area contributed by atoms with Crippen LogP contribution in [0, 0.1) is 5.41 Å². The molecule has 2 N–H and O–H groups in total. The Labute approximate surface area is 69.2 Å². The summed E-state index contributed by atoms with van der Waals surface area (Å²) in [5, 5.41) is 0. The van der Waals surface area contributed by atoms with Crippen molar-refractivity contribution in [1.82, 2.24) is 0 Å². The van der Waals surface area contributed by atoms with E-state index in [-0.39, 0.29) is 17.2 Å². The Balaban J connectivity index is 3.64. The second-order valence-corrected chi connectivity index (χ2v) is 4.32. The molecule has 0 spiro atoms. The fourth-order valence-corrected chi connectivity index (χ4v) is 0.726. The third-order valence-electron chi connectivity index (χ3n) is 1.63. The second-order valence-electron chi connectivity index (χ2n) is 4.32. The van der Waals surface area contributed by atoms with E-state index < -0.39 is 0 Å². The van der Waals surface area contributed by atoms with Crippen molar-refractivity contribution < 1.29 is 4.79 Å². The molecule has 0 amide bonds. The minimum absolute atomic E-state index is 0.167. The summed E-state index contributed by atoms with van der Waals surface area (Å²) >= 11 is 0. The molecule has 0 aliphatic carbocycles. The van der Waals surface area contributed by atoms with Gasteiger partial charge in [0.1, 0.15) is 5.78 Å². The van der Waals surface area contributed by atoms with Gasteiger partial charge in [0.2, 0.25) is 0 Å². The summed E-state index contributed by atoms with van der Waals surface area (Å²) in [5.41, 5.74) is 5.66. The van der Waals surface area contributed by atoms with Gasteiger partial charge in [0.15, 0.2) is 0 Å². The molecule has 0 aliphatic heterocycles. The quantitative estimate of drug-likeness (QED) is 0.678. The van der Waals surface area contributed by atoms with Crippen LogP contribution in [0.15, 0.2) is 0 Å². The summed E-state index contributed by atoms with van der Waals surface area (Å²) in [6.45, 7) is 8.12. The van der Waals surface area contributed by atoms with Crippen molar-refractivity contribution in [2.24, 2.45) is 11.1 Å². The highest BCUT2D eigenvalue weighted by molar-refractivity contribution is 5.83. The molecule has 1 atom stereocenters. The van der Waals surface area contributed by atoms with Crippen LogP contribution in [-0.2, 0) is 4.79 Å². The van der Waals surface area contributed by atoms with Gasteiger partial charge in [-0.15, -0.1) is 0 Å².